The van der Waals surface area contributed by atoms with Gasteiger partial charge in [0.2, 0.25) is 0 Å². The van der Waals surface area contributed by atoms with Gasteiger partial charge in [-0.25, -0.2) is 4.68 Å². The van der Waals surface area contributed by atoms with Crippen molar-refractivity contribution in [1.29, 1.82) is 0 Å². The minimum Gasteiger partial charge on any atom is -0.317 e. The van der Waals surface area contributed by atoms with Crippen molar-refractivity contribution in [3.05, 3.63) is 57.6 Å². The number of benzene rings is 1. The van der Waals surface area contributed by atoms with Gasteiger partial charge in [0.25, 0.3) is 11.5 Å². The first-order valence-electron chi connectivity index (χ1n) is 8.96. The van der Waals surface area contributed by atoms with Gasteiger partial charge in [-0.05, 0) is 50.7 Å². The third kappa shape index (κ3) is 3.02. The van der Waals surface area contributed by atoms with E-state index in [4.69, 9.17) is 12.2 Å². The second-order valence-electron chi connectivity index (χ2n) is 6.78. The molecule has 0 saturated carbocycles. The predicted octanol–water partition coefficient (Wildman–Crippen LogP) is 2.68. The Bertz CT molecular complexity index is 987. The molecule has 0 spiro atoms. The Balaban J connectivity index is 2.12. The normalized spacial score (nSPS) is 17.3. The molecule has 1 aliphatic rings. The topological polar surface area (TPSA) is 50.5 Å². The van der Waals surface area contributed by atoms with E-state index in [0.717, 1.165) is 17.8 Å². The maximum Gasteiger partial charge on any atom is 0.279 e. The Morgan fingerprint density at radius 1 is 1.15 bits per heavy atom. The summed E-state index contributed by atoms with van der Waals surface area (Å²) in [5, 5.41) is 0.470. The molecule has 1 aromatic carbocycles. The lowest BCUT2D eigenvalue weighted by Crippen LogP contribution is -2.38. The largest absolute Gasteiger partial charge is 0.317 e. The van der Waals surface area contributed by atoms with Crippen LogP contribution in [0.3, 0.4) is 0 Å². The van der Waals surface area contributed by atoms with Crippen molar-refractivity contribution in [2.45, 2.75) is 33.2 Å². The molecule has 1 amide bonds. The summed E-state index contributed by atoms with van der Waals surface area (Å²) in [5.41, 5.74) is 2.31. The van der Waals surface area contributed by atoms with Gasteiger partial charge in [0, 0.05) is 25.8 Å². The minimum atomic E-state index is -0.164. The van der Waals surface area contributed by atoms with Crippen LogP contribution in [-0.2, 0) is 11.8 Å². The van der Waals surface area contributed by atoms with Gasteiger partial charge < -0.3 is 4.90 Å². The number of aromatic nitrogens is 2. The summed E-state index contributed by atoms with van der Waals surface area (Å²) in [6.07, 6.45) is 2.46. The molecule has 0 bridgehead atoms. The molecule has 27 heavy (non-hydrogen) atoms. The van der Waals surface area contributed by atoms with Gasteiger partial charge in [-0.3, -0.25) is 19.2 Å². The van der Waals surface area contributed by atoms with Crippen molar-refractivity contribution in [2.24, 2.45) is 7.05 Å². The fourth-order valence-electron chi connectivity index (χ4n) is 3.24. The second-order valence-corrected chi connectivity index (χ2v) is 7.14. The molecule has 0 radical (unpaired) electrons. The number of carbonyl (C=O) groups is 1. The minimum absolute atomic E-state index is 0.0104. The molecule has 1 saturated heterocycles. The highest BCUT2D eigenvalue weighted by Crippen LogP contribution is 2.25. The van der Waals surface area contributed by atoms with Crippen molar-refractivity contribution in [1.82, 2.24) is 19.2 Å². The molecule has 7 heteroatoms. The molecule has 0 N–H and O–H groups in total. The summed E-state index contributed by atoms with van der Waals surface area (Å²) < 4.78 is 3.40. The molecular formula is C20H24N4O2S. The molecule has 1 atom stereocenters. The molecule has 2 heterocycles. The van der Waals surface area contributed by atoms with Crippen molar-refractivity contribution in [3.8, 4) is 5.69 Å². The Morgan fingerprint density at radius 3 is 2.37 bits per heavy atom. The Hall–Kier alpha value is -2.67. The first kappa shape index (κ1) is 19.1. The van der Waals surface area contributed by atoms with Gasteiger partial charge >= 0.3 is 0 Å². The number of nitrogens with zero attached hydrogens (tertiary/aromatic N) is 4. The Labute approximate surface area is 164 Å². The van der Waals surface area contributed by atoms with Crippen molar-refractivity contribution in [3.63, 3.8) is 0 Å². The summed E-state index contributed by atoms with van der Waals surface area (Å²) in [5.74, 6) is -0.161. The molecule has 1 aliphatic heterocycles. The van der Waals surface area contributed by atoms with E-state index in [9.17, 15) is 9.59 Å². The van der Waals surface area contributed by atoms with Crippen LogP contribution >= 0.6 is 12.2 Å². The molecule has 142 valence electrons. The zero-order valence-electron chi connectivity index (χ0n) is 16.3. The molecule has 1 fully saturated rings. The first-order valence-corrected chi connectivity index (χ1v) is 9.37. The lowest BCUT2D eigenvalue weighted by Gasteiger charge is -2.22. The number of hydrogen-bond donors (Lipinski definition) is 0. The van der Waals surface area contributed by atoms with E-state index in [0.29, 0.717) is 16.4 Å². The van der Waals surface area contributed by atoms with E-state index < -0.39 is 0 Å². The van der Waals surface area contributed by atoms with Crippen molar-refractivity contribution in [2.75, 3.05) is 7.05 Å². The van der Waals surface area contributed by atoms with Gasteiger partial charge in [0.05, 0.1) is 11.3 Å². The zero-order valence-corrected chi connectivity index (χ0v) is 17.1. The van der Waals surface area contributed by atoms with Crippen LogP contribution in [-0.4, -0.2) is 43.3 Å². The Morgan fingerprint density at radius 2 is 1.78 bits per heavy atom. The number of para-hydroxylation sites is 1. The fourth-order valence-corrected chi connectivity index (χ4v) is 3.60. The fraction of sp³-hybridized carbons (Fsp3) is 0.350. The highest BCUT2D eigenvalue weighted by atomic mass is 32.1. The highest BCUT2D eigenvalue weighted by Gasteiger charge is 2.38. The van der Waals surface area contributed by atoms with Crippen LogP contribution in [0.15, 0.2) is 40.8 Å². The van der Waals surface area contributed by atoms with Gasteiger partial charge in [0.1, 0.15) is 5.70 Å². The third-order valence-electron chi connectivity index (χ3n) is 5.20. The molecule has 6 nitrogen and oxygen atoms in total. The van der Waals surface area contributed by atoms with Crippen LogP contribution < -0.4 is 5.56 Å². The van der Waals surface area contributed by atoms with E-state index in [-0.39, 0.29) is 17.5 Å². The SMILES string of the molecule is CCC(C)N1C(=O)C(=Cc2c(C)n(C)n(-c3ccccc3)c2=O)N(C)C1=S. The molecule has 0 aliphatic carbocycles. The average Bonchev–Trinajstić information content (AvgIpc) is 3.00. The number of amides is 1. The van der Waals surface area contributed by atoms with E-state index in [2.05, 4.69) is 0 Å². The monoisotopic (exact) mass is 384 g/mol. The van der Waals surface area contributed by atoms with Crippen LogP contribution in [0.5, 0.6) is 0 Å². The van der Waals surface area contributed by atoms with Crippen molar-refractivity contribution >= 4 is 29.3 Å². The lowest BCUT2D eigenvalue weighted by atomic mass is 10.2. The maximum atomic E-state index is 13.1. The summed E-state index contributed by atoms with van der Waals surface area (Å²) >= 11 is 5.45. The summed E-state index contributed by atoms with van der Waals surface area (Å²) in [6, 6.07) is 9.45. The van der Waals surface area contributed by atoms with Gasteiger partial charge in [0.15, 0.2) is 5.11 Å². The molecule has 1 aromatic heterocycles. The van der Waals surface area contributed by atoms with Gasteiger partial charge in [-0.1, -0.05) is 25.1 Å². The van der Waals surface area contributed by atoms with Gasteiger partial charge in [-0.15, -0.1) is 0 Å². The second kappa shape index (κ2) is 7.15. The number of rotatable bonds is 4. The van der Waals surface area contributed by atoms with E-state index in [1.54, 1.807) is 32.3 Å². The standard InChI is InChI=1S/C20H24N4O2S/c1-6-13(2)23-19(26)17(21(4)20(23)27)12-16-14(3)22(5)24(18(16)25)15-10-8-7-9-11-15/h7-13H,6H2,1-5H3. The van der Waals surface area contributed by atoms with Crippen LogP contribution in [0.25, 0.3) is 11.8 Å². The number of carbonyl (C=O) groups excluding carboxylic acids is 1. The van der Waals surface area contributed by atoms with E-state index in [1.165, 1.54) is 0 Å². The van der Waals surface area contributed by atoms with Crippen LogP contribution in [0, 0.1) is 6.92 Å². The number of thiocarbonyl (C=S) groups is 1. The van der Waals surface area contributed by atoms with Crippen LogP contribution in [0.2, 0.25) is 0 Å². The third-order valence-corrected chi connectivity index (χ3v) is 5.67. The number of hydrogen-bond acceptors (Lipinski definition) is 3. The molecular weight excluding hydrogens is 360 g/mol. The quantitative estimate of drug-likeness (QED) is 0.601. The first-order chi connectivity index (χ1) is 12.8. The summed E-state index contributed by atoms with van der Waals surface area (Å²) in [4.78, 5) is 29.3. The van der Waals surface area contributed by atoms with Crippen LogP contribution in [0.1, 0.15) is 31.5 Å². The van der Waals surface area contributed by atoms with E-state index >= 15 is 0 Å². The molecule has 3 rings (SSSR count). The Kier molecular flexibility index (Phi) is 5.06. The van der Waals surface area contributed by atoms with Gasteiger partial charge in [-0.2, -0.15) is 0 Å². The number of likely N-dealkylation sites (N-methyl/N-ethyl adjacent to an activating group) is 1. The smallest absolute Gasteiger partial charge is 0.279 e. The molecule has 1 unspecified atom stereocenters. The van der Waals surface area contributed by atoms with E-state index in [1.807, 2.05) is 58.2 Å². The molecule has 2 aromatic rings. The van der Waals surface area contributed by atoms with Crippen LogP contribution in [0.4, 0.5) is 0 Å². The predicted molar refractivity (Wildman–Crippen MR) is 111 cm³/mol. The zero-order chi connectivity index (χ0) is 19.9. The maximum absolute atomic E-state index is 13.1. The average molecular weight is 385 g/mol. The highest BCUT2D eigenvalue weighted by molar-refractivity contribution is 7.80. The summed E-state index contributed by atoms with van der Waals surface area (Å²) in [6.45, 7) is 5.86. The lowest BCUT2D eigenvalue weighted by molar-refractivity contribution is -0.123. The summed E-state index contributed by atoms with van der Waals surface area (Å²) in [7, 11) is 3.60. The van der Waals surface area contributed by atoms with Crippen molar-refractivity contribution < 1.29 is 4.79 Å².